The molecule has 0 heterocycles. The Bertz CT molecular complexity index is 464. The van der Waals surface area contributed by atoms with Crippen LogP contribution in [0, 0.1) is 0 Å². The molecule has 6 nitrogen and oxygen atoms in total. The van der Waals surface area contributed by atoms with Crippen LogP contribution in [0.1, 0.15) is 40.5 Å². The number of carbonyl (C=O) groups excluding carboxylic acids is 2. The van der Waals surface area contributed by atoms with E-state index in [4.69, 9.17) is 18.3 Å². The van der Waals surface area contributed by atoms with Gasteiger partial charge in [-0.1, -0.05) is 20.4 Å². The monoisotopic (exact) mass is 390 g/mol. The molecule has 0 bridgehead atoms. The summed E-state index contributed by atoms with van der Waals surface area (Å²) in [5, 5.41) is 0. The summed E-state index contributed by atoms with van der Waals surface area (Å²) in [7, 11) is -4.58. The van der Waals surface area contributed by atoms with Crippen LogP contribution in [0.15, 0.2) is 12.7 Å². The Balaban J connectivity index is 5.11. The van der Waals surface area contributed by atoms with Crippen molar-refractivity contribution >= 4 is 28.6 Å². The Kier molecular flexibility index (Phi) is 9.85. The fourth-order valence-electron chi connectivity index (χ4n) is 2.95. The molecule has 0 fully saturated rings. The summed E-state index contributed by atoms with van der Waals surface area (Å²) in [6.45, 7) is 18.8. The van der Waals surface area contributed by atoms with E-state index in [9.17, 15) is 9.59 Å². The van der Waals surface area contributed by atoms with Crippen molar-refractivity contribution in [3.05, 3.63) is 12.7 Å². The van der Waals surface area contributed by atoms with Crippen molar-refractivity contribution in [2.45, 2.75) is 84.5 Å². The molecular formula is C17H34O6Si2. The molecule has 146 valence electrons. The third-order valence-electron chi connectivity index (χ3n) is 3.93. The first-order valence-electron chi connectivity index (χ1n) is 8.75. The van der Waals surface area contributed by atoms with Crippen LogP contribution in [0.2, 0.25) is 26.2 Å². The lowest BCUT2D eigenvalue weighted by atomic mass is 10.5. The Labute approximate surface area is 154 Å². The maximum Gasteiger partial charge on any atom is 0.332 e. The molecular weight excluding hydrogens is 356 g/mol. The van der Waals surface area contributed by atoms with Crippen LogP contribution in [0.5, 0.6) is 0 Å². The third-order valence-corrected chi connectivity index (χ3v) is 12.3. The first-order chi connectivity index (χ1) is 11.4. The topological polar surface area (TPSA) is 71.1 Å². The standard InChI is InChI=1S/C17H34O6Si2/c1-10-15(19)21-14(5)22-17(12-3)25(8,9)23-24(6,7)16(11-2)20-13(4)18/h10,14,16-17H,1,11-12H2,2-9H3. The van der Waals surface area contributed by atoms with Gasteiger partial charge >= 0.3 is 11.9 Å². The van der Waals surface area contributed by atoms with Gasteiger partial charge in [-0.05, 0) is 46.0 Å². The Hall–Kier alpha value is -0.966. The van der Waals surface area contributed by atoms with Gasteiger partial charge in [0.1, 0.15) is 5.73 Å². The summed E-state index contributed by atoms with van der Waals surface area (Å²) in [4.78, 5) is 22.7. The van der Waals surface area contributed by atoms with Crippen molar-refractivity contribution in [3.8, 4) is 0 Å². The number of hydrogen-bond donors (Lipinski definition) is 0. The van der Waals surface area contributed by atoms with Gasteiger partial charge in [-0.3, -0.25) is 4.79 Å². The number of esters is 2. The minimum atomic E-state index is -2.29. The number of rotatable bonds is 11. The molecule has 0 radical (unpaired) electrons. The molecule has 0 saturated carbocycles. The smallest absolute Gasteiger partial charge is 0.332 e. The lowest BCUT2D eigenvalue weighted by Gasteiger charge is -2.41. The fraction of sp³-hybridized carbons (Fsp3) is 0.765. The molecule has 0 aliphatic carbocycles. The lowest BCUT2D eigenvalue weighted by Crippen LogP contribution is -2.59. The van der Waals surface area contributed by atoms with Crippen molar-refractivity contribution in [1.82, 2.24) is 0 Å². The molecule has 3 atom stereocenters. The van der Waals surface area contributed by atoms with Gasteiger partial charge in [0.15, 0.2) is 0 Å². The highest BCUT2D eigenvalue weighted by atomic mass is 28.4. The SMILES string of the molecule is C=CC(=O)OC(C)OC(CC)[Si](C)(C)O[Si](C)(C)C(CC)OC(C)=O. The molecule has 0 spiro atoms. The largest absolute Gasteiger partial charge is 0.463 e. The summed E-state index contributed by atoms with van der Waals surface area (Å²) in [6, 6.07) is 0. The average molecular weight is 391 g/mol. The lowest BCUT2D eigenvalue weighted by molar-refractivity contribution is -0.173. The molecule has 8 heteroatoms. The van der Waals surface area contributed by atoms with Crippen LogP contribution in [-0.4, -0.2) is 46.3 Å². The molecule has 0 rings (SSSR count). The molecule has 0 aliphatic heterocycles. The van der Waals surface area contributed by atoms with Gasteiger partial charge < -0.3 is 18.3 Å². The molecule has 0 aromatic carbocycles. The second kappa shape index (κ2) is 10.2. The molecule has 0 saturated heterocycles. The van der Waals surface area contributed by atoms with E-state index in [0.29, 0.717) is 6.42 Å². The number of carbonyl (C=O) groups is 2. The molecule has 0 aromatic rings. The highest BCUT2D eigenvalue weighted by Crippen LogP contribution is 2.27. The van der Waals surface area contributed by atoms with Gasteiger partial charge in [-0.2, -0.15) is 0 Å². The first kappa shape index (κ1) is 24.0. The average Bonchev–Trinajstić information content (AvgIpc) is 2.48. The highest BCUT2D eigenvalue weighted by molar-refractivity contribution is 6.86. The zero-order valence-corrected chi connectivity index (χ0v) is 18.9. The summed E-state index contributed by atoms with van der Waals surface area (Å²) >= 11 is 0. The van der Waals surface area contributed by atoms with Gasteiger partial charge in [0, 0.05) is 13.0 Å². The van der Waals surface area contributed by atoms with Gasteiger partial charge in [0.05, 0.1) is 5.73 Å². The zero-order valence-electron chi connectivity index (χ0n) is 16.9. The Morgan fingerprint density at radius 3 is 1.88 bits per heavy atom. The van der Waals surface area contributed by atoms with E-state index in [1.54, 1.807) is 6.92 Å². The predicted octanol–water partition coefficient (Wildman–Crippen LogP) is 3.70. The van der Waals surface area contributed by atoms with E-state index >= 15 is 0 Å². The molecule has 25 heavy (non-hydrogen) atoms. The van der Waals surface area contributed by atoms with Crippen molar-refractivity contribution in [2.75, 3.05) is 0 Å². The second-order valence-corrected chi connectivity index (χ2v) is 15.6. The van der Waals surface area contributed by atoms with Crippen LogP contribution < -0.4 is 0 Å². The quantitative estimate of drug-likeness (QED) is 0.232. The summed E-state index contributed by atoms with van der Waals surface area (Å²) in [5.41, 5.74) is -0.355. The van der Waals surface area contributed by atoms with Gasteiger partial charge in [-0.25, -0.2) is 4.79 Å². The summed E-state index contributed by atoms with van der Waals surface area (Å²) in [6.07, 6.45) is 1.89. The van der Waals surface area contributed by atoms with Crippen molar-refractivity contribution in [2.24, 2.45) is 0 Å². The molecule has 0 N–H and O–H groups in total. The Morgan fingerprint density at radius 2 is 1.48 bits per heavy atom. The van der Waals surface area contributed by atoms with E-state index in [-0.39, 0.29) is 17.4 Å². The third kappa shape index (κ3) is 8.30. The first-order valence-corrected chi connectivity index (χ1v) is 14.7. The Morgan fingerprint density at radius 1 is 1.00 bits per heavy atom. The summed E-state index contributed by atoms with van der Waals surface area (Å²) < 4.78 is 23.1. The predicted molar refractivity (Wildman–Crippen MR) is 103 cm³/mol. The number of ether oxygens (including phenoxy) is 3. The molecule has 0 aliphatic rings. The minimum absolute atomic E-state index is 0.151. The fourth-order valence-corrected chi connectivity index (χ4v) is 12.4. The van der Waals surface area contributed by atoms with Gasteiger partial charge in [0.25, 0.3) is 0 Å². The van der Waals surface area contributed by atoms with E-state index in [2.05, 4.69) is 32.8 Å². The van der Waals surface area contributed by atoms with Crippen LogP contribution in [0.25, 0.3) is 0 Å². The molecule has 0 amide bonds. The van der Waals surface area contributed by atoms with E-state index in [0.717, 1.165) is 12.5 Å². The van der Waals surface area contributed by atoms with E-state index in [1.165, 1.54) is 6.92 Å². The summed E-state index contributed by atoms with van der Waals surface area (Å²) in [5.74, 6) is -0.804. The van der Waals surface area contributed by atoms with Crippen LogP contribution >= 0.6 is 0 Å². The van der Waals surface area contributed by atoms with Crippen molar-refractivity contribution < 1.29 is 27.9 Å². The van der Waals surface area contributed by atoms with Crippen LogP contribution in [0.3, 0.4) is 0 Å². The van der Waals surface area contributed by atoms with E-state index in [1.807, 2.05) is 13.8 Å². The maximum atomic E-state index is 11.4. The van der Waals surface area contributed by atoms with E-state index < -0.39 is 28.9 Å². The normalized spacial score (nSPS) is 15.8. The van der Waals surface area contributed by atoms with Crippen molar-refractivity contribution in [1.29, 1.82) is 0 Å². The number of hydrogen-bond acceptors (Lipinski definition) is 6. The molecule has 0 aromatic heterocycles. The zero-order chi connectivity index (χ0) is 19.8. The van der Waals surface area contributed by atoms with Crippen LogP contribution in [-0.2, 0) is 27.9 Å². The highest BCUT2D eigenvalue weighted by Gasteiger charge is 2.45. The second-order valence-electron chi connectivity index (χ2n) is 7.06. The van der Waals surface area contributed by atoms with Gasteiger partial charge in [0.2, 0.25) is 22.9 Å². The van der Waals surface area contributed by atoms with Gasteiger partial charge in [-0.15, -0.1) is 0 Å². The molecule has 3 unspecified atom stereocenters. The van der Waals surface area contributed by atoms with Crippen LogP contribution in [0.4, 0.5) is 0 Å². The minimum Gasteiger partial charge on any atom is -0.463 e. The van der Waals surface area contributed by atoms with Crippen molar-refractivity contribution in [3.63, 3.8) is 0 Å². The maximum absolute atomic E-state index is 11.4.